The van der Waals surface area contributed by atoms with E-state index < -0.39 is 0 Å². The van der Waals surface area contributed by atoms with Crippen molar-refractivity contribution in [2.24, 2.45) is 0 Å². The molecule has 6 rings (SSSR count). The lowest BCUT2D eigenvalue weighted by molar-refractivity contribution is 1.41. The smallest absolute Gasteiger partial charge is 0.0569 e. The summed E-state index contributed by atoms with van der Waals surface area (Å²) < 4.78 is 0. The molecule has 0 amide bonds. The third-order valence-corrected chi connectivity index (χ3v) is 7.83. The molecular formula is C40H40Cl2N6. The van der Waals surface area contributed by atoms with Gasteiger partial charge in [0.1, 0.15) is 0 Å². The van der Waals surface area contributed by atoms with Gasteiger partial charge >= 0.3 is 0 Å². The van der Waals surface area contributed by atoms with E-state index in [2.05, 4.69) is 0 Å². The average molecular weight is 676 g/mol. The highest BCUT2D eigenvalue weighted by Gasteiger charge is 2.14. The average Bonchev–Trinajstić information content (AvgIpc) is 3.05. The first kappa shape index (κ1) is 36.9. The van der Waals surface area contributed by atoms with Crippen LogP contribution in [0.1, 0.15) is 36.1 Å². The van der Waals surface area contributed by atoms with E-state index in [0.29, 0.717) is 11.4 Å². The van der Waals surface area contributed by atoms with Crippen LogP contribution >= 0.6 is 24.8 Å². The Morgan fingerprint density at radius 1 is 0.396 bits per heavy atom. The van der Waals surface area contributed by atoms with Crippen LogP contribution in [0.25, 0.3) is 11.1 Å². The number of benzene rings is 4. The first-order chi connectivity index (χ1) is 22.1. The molecule has 0 bridgehead atoms. The fourth-order valence-corrected chi connectivity index (χ4v) is 5.24. The zero-order valence-electron chi connectivity index (χ0n) is 26.8. The highest BCUT2D eigenvalue weighted by atomic mass is 35.5. The molecule has 0 atom stereocenters. The van der Waals surface area contributed by atoms with E-state index in [0.717, 1.165) is 78.4 Å². The molecule has 48 heavy (non-hydrogen) atoms. The van der Waals surface area contributed by atoms with Crippen LogP contribution in [0.3, 0.4) is 0 Å². The summed E-state index contributed by atoms with van der Waals surface area (Å²) in [4.78, 5) is 0. The van der Waals surface area contributed by atoms with E-state index in [9.17, 15) is 0 Å². The predicted octanol–water partition coefficient (Wildman–Crippen LogP) is 9.22. The van der Waals surface area contributed by atoms with Crippen molar-refractivity contribution in [3.63, 3.8) is 0 Å². The standard InChI is InChI=1S/2C20H19N3.2ClH/c2*1-13-12-16(6-11-19(13)23)20(14-2-7-17(21)8-3-14)15-4-9-18(22)10-5-15;;/h2*2-12,23H,21-22H2,1H3;2*1H. The van der Waals surface area contributed by atoms with Gasteiger partial charge < -0.3 is 33.8 Å². The van der Waals surface area contributed by atoms with Gasteiger partial charge in [0.2, 0.25) is 0 Å². The maximum Gasteiger partial charge on any atom is 0.0569 e. The molecule has 8 heteroatoms. The van der Waals surface area contributed by atoms with Crippen molar-refractivity contribution in [1.29, 1.82) is 10.8 Å². The van der Waals surface area contributed by atoms with E-state index in [-0.39, 0.29) is 24.8 Å². The maximum absolute atomic E-state index is 7.88. The number of hydrogen-bond donors (Lipinski definition) is 6. The van der Waals surface area contributed by atoms with Crippen molar-refractivity contribution in [2.75, 3.05) is 22.9 Å². The van der Waals surface area contributed by atoms with Crippen LogP contribution in [0, 0.1) is 10.8 Å². The second kappa shape index (κ2) is 16.3. The SMILES string of the molecule is CC1=CC(=C(c2ccc(N)cc2)c2ccc(N)cc2)C=CC1=N.CC1=CC(=C(c2ccc(N)cc2)c2ccc(N)cc2)C=CC1=N.Cl.Cl. The normalized spacial score (nSPS) is 13.3. The van der Waals surface area contributed by atoms with Gasteiger partial charge in [-0.2, -0.15) is 0 Å². The molecule has 0 fully saturated rings. The monoisotopic (exact) mass is 674 g/mol. The fourth-order valence-electron chi connectivity index (χ4n) is 5.24. The highest BCUT2D eigenvalue weighted by molar-refractivity contribution is 6.09. The lowest BCUT2D eigenvalue weighted by Crippen LogP contribution is -2.01. The Bertz CT molecular complexity index is 1730. The largest absolute Gasteiger partial charge is 0.399 e. The molecule has 0 heterocycles. The van der Waals surface area contributed by atoms with Gasteiger partial charge in [0.15, 0.2) is 0 Å². The van der Waals surface area contributed by atoms with Crippen LogP contribution in [0.4, 0.5) is 22.7 Å². The van der Waals surface area contributed by atoms with Crippen LogP contribution in [-0.4, -0.2) is 11.4 Å². The maximum atomic E-state index is 7.88. The van der Waals surface area contributed by atoms with Gasteiger partial charge in [0.25, 0.3) is 0 Å². The number of anilines is 4. The summed E-state index contributed by atoms with van der Waals surface area (Å²) in [5.74, 6) is 0. The Morgan fingerprint density at radius 3 is 0.833 bits per heavy atom. The Balaban J connectivity index is 0.000000250. The van der Waals surface area contributed by atoms with Crippen LogP contribution in [0.15, 0.2) is 156 Å². The zero-order chi connectivity index (χ0) is 32.8. The van der Waals surface area contributed by atoms with Crippen molar-refractivity contribution in [3.8, 4) is 0 Å². The van der Waals surface area contributed by atoms with Gasteiger partial charge in [0, 0.05) is 22.7 Å². The molecule has 6 nitrogen and oxygen atoms in total. The molecule has 2 aliphatic carbocycles. The summed E-state index contributed by atoms with van der Waals surface area (Å²) >= 11 is 0. The van der Waals surface area contributed by atoms with Gasteiger partial charge in [-0.15, -0.1) is 24.8 Å². The number of allylic oxidation sites excluding steroid dienone is 10. The molecule has 10 N–H and O–H groups in total. The summed E-state index contributed by atoms with van der Waals surface area (Å²) in [6.45, 7) is 3.91. The van der Waals surface area contributed by atoms with Crippen molar-refractivity contribution in [3.05, 3.63) is 178 Å². The topological polar surface area (TPSA) is 152 Å². The summed E-state index contributed by atoms with van der Waals surface area (Å²) in [6.07, 6.45) is 11.7. The Kier molecular flexibility index (Phi) is 12.5. The third kappa shape index (κ3) is 8.82. The van der Waals surface area contributed by atoms with Crippen molar-refractivity contribution >= 4 is 70.1 Å². The molecule has 0 aliphatic heterocycles. The van der Waals surface area contributed by atoms with E-state index >= 15 is 0 Å². The van der Waals surface area contributed by atoms with Crippen molar-refractivity contribution in [1.82, 2.24) is 0 Å². The molecule has 0 radical (unpaired) electrons. The summed E-state index contributed by atoms with van der Waals surface area (Å²) in [6, 6.07) is 31.4. The molecule has 0 spiro atoms. The Labute approximate surface area is 294 Å². The van der Waals surface area contributed by atoms with Crippen molar-refractivity contribution < 1.29 is 0 Å². The molecule has 0 saturated heterocycles. The Hall–Kier alpha value is -5.56. The number of nitrogen functional groups attached to an aromatic ring is 4. The molecule has 0 saturated carbocycles. The molecule has 0 aromatic heterocycles. The summed E-state index contributed by atoms with van der Waals surface area (Å²) in [7, 11) is 0. The molecule has 4 aromatic rings. The second-order valence-corrected chi connectivity index (χ2v) is 11.3. The quantitative estimate of drug-likeness (QED) is 0.119. The molecular weight excluding hydrogens is 635 g/mol. The van der Waals surface area contributed by atoms with E-state index in [4.69, 9.17) is 33.8 Å². The zero-order valence-corrected chi connectivity index (χ0v) is 28.5. The van der Waals surface area contributed by atoms with Crippen LogP contribution in [-0.2, 0) is 0 Å². The van der Waals surface area contributed by atoms with Gasteiger partial charge in [-0.05, 0) is 142 Å². The third-order valence-electron chi connectivity index (χ3n) is 7.83. The lowest BCUT2D eigenvalue weighted by atomic mass is 9.89. The number of rotatable bonds is 4. The number of hydrogen-bond acceptors (Lipinski definition) is 6. The number of halogens is 2. The predicted molar refractivity (Wildman–Crippen MR) is 211 cm³/mol. The van der Waals surface area contributed by atoms with E-state index in [1.54, 1.807) is 0 Å². The summed E-state index contributed by atoms with van der Waals surface area (Å²) in [5.41, 5.74) is 37.9. The van der Waals surface area contributed by atoms with Crippen LogP contribution in [0.2, 0.25) is 0 Å². The second-order valence-electron chi connectivity index (χ2n) is 11.3. The minimum atomic E-state index is 0. The molecule has 0 unspecified atom stereocenters. The van der Waals surface area contributed by atoms with Gasteiger partial charge in [-0.3, -0.25) is 0 Å². The van der Waals surface area contributed by atoms with Crippen LogP contribution < -0.4 is 22.9 Å². The first-order valence-corrected chi connectivity index (χ1v) is 14.9. The number of nitrogens with two attached hydrogens (primary N) is 4. The fraction of sp³-hybridized carbons (Fsp3) is 0.0500. The molecule has 4 aromatic carbocycles. The molecule has 2 aliphatic rings. The van der Waals surface area contributed by atoms with Gasteiger partial charge in [0.05, 0.1) is 11.4 Å². The minimum Gasteiger partial charge on any atom is -0.399 e. The highest BCUT2D eigenvalue weighted by Crippen LogP contribution is 2.33. The Morgan fingerprint density at radius 2 is 0.625 bits per heavy atom. The number of nitrogens with one attached hydrogen (secondary N) is 2. The van der Waals surface area contributed by atoms with Gasteiger partial charge in [-0.25, -0.2) is 0 Å². The van der Waals surface area contributed by atoms with Crippen molar-refractivity contribution in [2.45, 2.75) is 13.8 Å². The van der Waals surface area contributed by atoms with Gasteiger partial charge in [-0.1, -0.05) is 60.7 Å². The molecule has 244 valence electrons. The van der Waals surface area contributed by atoms with E-state index in [1.165, 1.54) is 0 Å². The first-order valence-electron chi connectivity index (χ1n) is 14.9. The summed E-state index contributed by atoms with van der Waals surface area (Å²) in [5, 5.41) is 15.8. The van der Waals surface area contributed by atoms with Crippen LogP contribution in [0.5, 0.6) is 0 Å². The lowest BCUT2D eigenvalue weighted by Gasteiger charge is -2.16. The van der Waals surface area contributed by atoms with E-state index in [1.807, 2.05) is 147 Å². The minimum absolute atomic E-state index is 0.